The number of amides is 1. The van der Waals surface area contributed by atoms with Crippen molar-refractivity contribution in [3.05, 3.63) is 47.6 Å². The highest BCUT2D eigenvalue weighted by atomic mass is 32.1. The van der Waals surface area contributed by atoms with Crippen LogP contribution in [-0.4, -0.2) is 44.2 Å². The lowest BCUT2D eigenvalue weighted by atomic mass is 10.2. The van der Waals surface area contributed by atoms with E-state index in [1.807, 2.05) is 43.3 Å². The molecule has 8 heteroatoms. The van der Waals surface area contributed by atoms with Crippen LogP contribution in [0.3, 0.4) is 0 Å². The molecule has 0 spiro atoms. The summed E-state index contributed by atoms with van der Waals surface area (Å²) in [6.45, 7) is 0. The Kier molecular flexibility index (Phi) is 5.56. The maximum atomic E-state index is 12.5. The van der Waals surface area contributed by atoms with E-state index < -0.39 is 0 Å². The summed E-state index contributed by atoms with van der Waals surface area (Å²) in [4.78, 5) is 23.1. The number of carbonyl (C=O) groups is 1. The predicted octanol–water partition coefficient (Wildman–Crippen LogP) is 3.54. The largest absolute Gasteiger partial charge is 0.493 e. The van der Waals surface area contributed by atoms with Gasteiger partial charge >= 0.3 is 0 Å². The first-order valence-corrected chi connectivity index (χ1v) is 9.03. The Morgan fingerprint density at radius 2 is 1.96 bits per heavy atom. The van der Waals surface area contributed by atoms with E-state index in [4.69, 9.17) is 9.47 Å². The number of aromatic nitrogens is 2. The van der Waals surface area contributed by atoms with Crippen LogP contribution in [0.15, 0.2) is 41.9 Å². The number of rotatable bonds is 6. The maximum Gasteiger partial charge on any atom is 0.275 e. The van der Waals surface area contributed by atoms with Gasteiger partial charge in [0.15, 0.2) is 11.5 Å². The minimum Gasteiger partial charge on any atom is -0.493 e. The van der Waals surface area contributed by atoms with Gasteiger partial charge in [0.25, 0.3) is 5.91 Å². The summed E-state index contributed by atoms with van der Waals surface area (Å²) in [6, 6.07) is 9.19. The fraction of sp³-hybridized carbons (Fsp3) is 0.211. The fourth-order valence-electron chi connectivity index (χ4n) is 2.48. The number of hydrogen-bond acceptors (Lipinski definition) is 7. The molecule has 7 nitrogen and oxygen atoms in total. The van der Waals surface area contributed by atoms with Crippen molar-refractivity contribution in [3.63, 3.8) is 0 Å². The zero-order chi connectivity index (χ0) is 19.4. The van der Waals surface area contributed by atoms with E-state index >= 15 is 0 Å². The lowest BCUT2D eigenvalue weighted by molar-refractivity contribution is 0.102. The van der Waals surface area contributed by atoms with Crippen LogP contribution in [0, 0.1) is 0 Å². The molecular weight excluding hydrogens is 364 g/mol. The van der Waals surface area contributed by atoms with Crippen molar-refractivity contribution in [2.75, 3.05) is 38.5 Å². The molecule has 140 valence electrons. The van der Waals surface area contributed by atoms with Crippen molar-refractivity contribution < 1.29 is 14.3 Å². The van der Waals surface area contributed by atoms with Crippen LogP contribution < -0.4 is 19.7 Å². The highest BCUT2D eigenvalue weighted by Gasteiger charge is 2.17. The first kappa shape index (κ1) is 18.7. The molecule has 3 aromatic rings. The summed E-state index contributed by atoms with van der Waals surface area (Å²) < 4.78 is 10.8. The van der Waals surface area contributed by atoms with Crippen molar-refractivity contribution >= 4 is 28.7 Å². The minimum absolute atomic E-state index is 0.293. The van der Waals surface area contributed by atoms with Crippen LogP contribution >= 0.6 is 11.3 Å². The second kappa shape index (κ2) is 8.05. The second-order valence-corrected chi connectivity index (χ2v) is 6.69. The number of nitrogens with one attached hydrogen (secondary N) is 1. The minimum atomic E-state index is -0.293. The molecule has 3 rings (SSSR count). The topological polar surface area (TPSA) is 76.6 Å². The van der Waals surface area contributed by atoms with E-state index in [2.05, 4.69) is 15.3 Å². The third-order valence-electron chi connectivity index (χ3n) is 3.83. The van der Waals surface area contributed by atoms with Crippen LogP contribution in [0.25, 0.3) is 10.6 Å². The first-order chi connectivity index (χ1) is 13.0. The Bertz CT molecular complexity index is 938. The number of anilines is 2. The van der Waals surface area contributed by atoms with E-state index in [-0.39, 0.29) is 5.91 Å². The van der Waals surface area contributed by atoms with Crippen LogP contribution in [0.5, 0.6) is 11.5 Å². The van der Waals surface area contributed by atoms with Gasteiger partial charge in [-0.2, -0.15) is 0 Å². The summed E-state index contributed by atoms with van der Waals surface area (Å²) in [5, 5.41) is 5.20. The Hall–Kier alpha value is -3.13. The van der Waals surface area contributed by atoms with Crippen molar-refractivity contribution in [1.29, 1.82) is 0 Å². The Balaban J connectivity index is 1.80. The highest BCUT2D eigenvalue weighted by molar-refractivity contribution is 7.13. The van der Waals surface area contributed by atoms with Crippen LogP contribution in [-0.2, 0) is 0 Å². The number of methoxy groups -OCH3 is 2. The SMILES string of the molecule is COc1cccc(-c2nc(C(=O)Nc3ccc(N(C)C)nc3)cs2)c1OC. The Morgan fingerprint density at radius 3 is 2.59 bits per heavy atom. The van der Waals surface area contributed by atoms with Crippen molar-refractivity contribution in [2.24, 2.45) is 0 Å². The number of thiazole rings is 1. The number of carbonyl (C=O) groups excluding carboxylic acids is 1. The van der Waals surface area contributed by atoms with E-state index in [1.54, 1.807) is 31.9 Å². The number of pyridine rings is 1. The molecule has 2 aromatic heterocycles. The van der Waals surface area contributed by atoms with Gasteiger partial charge in [-0.3, -0.25) is 4.79 Å². The van der Waals surface area contributed by atoms with Gasteiger partial charge in [0.05, 0.1) is 31.7 Å². The summed E-state index contributed by atoms with van der Waals surface area (Å²) >= 11 is 1.37. The second-order valence-electron chi connectivity index (χ2n) is 5.83. The summed E-state index contributed by atoms with van der Waals surface area (Å²) in [7, 11) is 6.97. The molecule has 0 aliphatic heterocycles. The summed E-state index contributed by atoms with van der Waals surface area (Å²) in [5.74, 6) is 1.72. The molecule has 27 heavy (non-hydrogen) atoms. The lowest BCUT2D eigenvalue weighted by Crippen LogP contribution is -2.14. The molecule has 0 saturated heterocycles. The lowest BCUT2D eigenvalue weighted by Gasteiger charge is -2.11. The molecule has 0 bridgehead atoms. The molecule has 1 amide bonds. The molecule has 2 heterocycles. The van der Waals surface area contributed by atoms with Gasteiger partial charge < -0.3 is 19.7 Å². The smallest absolute Gasteiger partial charge is 0.275 e. The molecule has 0 fully saturated rings. The van der Waals surface area contributed by atoms with E-state index in [1.165, 1.54) is 11.3 Å². The van der Waals surface area contributed by atoms with Crippen molar-refractivity contribution in [2.45, 2.75) is 0 Å². The Labute approximate surface area is 161 Å². The van der Waals surface area contributed by atoms with Crippen LogP contribution in [0.1, 0.15) is 10.5 Å². The molecule has 0 unspecified atom stereocenters. The molecule has 0 saturated carbocycles. The average molecular weight is 384 g/mol. The Morgan fingerprint density at radius 1 is 1.15 bits per heavy atom. The van der Waals surface area contributed by atoms with Gasteiger partial charge in [-0.15, -0.1) is 11.3 Å². The molecule has 0 atom stereocenters. The molecule has 0 aliphatic rings. The summed E-state index contributed by atoms with van der Waals surface area (Å²) in [6.07, 6.45) is 1.62. The molecular formula is C19H20N4O3S. The van der Waals surface area contributed by atoms with Gasteiger partial charge in [-0.25, -0.2) is 9.97 Å². The standard InChI is InChI=1S/C19H20N4O3S/c1-23(2)16-9-8-12(10-20-16)21-18(24)14-11-27-19(22-14)13-6-5-7-15(25-3)17(13)26-4/h5-11H,1-4H3,(H,21,24). The quantitative estimate of drug-likeness (QED) is 0.700. The van der Waals surface area contributed by atoms with Gasteiger partial charge in [-0.05, 0) is 24.3 Å². The molecule has 0 radical (unpaired) electrons. The van der Waals surface area contributed by atoms with Gasteiger partial charge in [0.2, 0.25) is 0 Å². The zero-order valence-corrected chi connectivity index (χ0v) is 16.3. The van der Waals surface area contributed by atoms with E-state index in [9.17, 15) is 4.79 Å². The third kappa shape index (κ3) is 4.01. The number of benzene rings is 1. The number of hydrogen-bond donors (Lipinski definition) is 1. The van der Waals surface area contributed by atoms with Crippen molar-refractivity contribution in [1.82, 2.24) is 9.97 Å². The monoisotopic (exact) mass is 384 g/mol. The zero-order valence-electron chi connectivity index (χ0n) is 15.5. The third-order valence-corrected chi connectivity index (χ3v) is 4.71. The first-order valence-electron chi connectivity index (χ1n) is 8.15. The average Bonchev–Trinajstić information content (AvgIpc) is 3.17. The maximum absolute atomic E-state index is 12.5. The number of para-hydroxylation sites is 1. The highest BCUT2D eigenvalue weighted by Crippen LogP contribution is 2.39. The summed E-state index contributed by atoms with van der Waals surface area (Å²) in [5.41, 5.74) is 1.72. The normalized spacial score (nSPS) is 10.4. The van der Waals surface area contributed by atoms with E-state index in [0.29, 0.717) is 27.9 Å². The van der Waals surface area contributed by atoms with Crippen molar-refractivity contribution in [3.8, 4) is 22.1 Å². The fourth-order valence-corrected chi connectivity index (χ4v) is 3.30. The number of nitrogens with zero attached hydrogens (tertiary/aromatic N) is 3. The van der Waals surface area contributed by atoms with Crippen LogP contribution in [0.4, 0.5) is 11.5 Å². The molecule has 1 N–H and O–H groups in total. The van der Waals surface area contributed by atoms with Gasteiger partial charge in [0.1, 0.15) is 16.5 Å². The van der Waals surface area contributed by atoms with Gasteiger partial charge in [0, 0.05) is 19.5 Å². The van der Waals surface area contributed by atoms with Crippen LogP contribution in [0.2, 0.25) is 0 Å². The molecule has 1 aromatic carbocycles. The van der Waals surface area contributed by atoms with Gasteiger partial charge in [-0.1, -0.05) is 6.07 Å². The van der Waals surface area contributed by atoms with E-state index in [0.717, 1.165) is 11.4 Å². The number of ether oxygens (including phenoxy) is 2. The predicted molar refractivity (Wildman–Crippen MR) is 107 cm³/mol. The molecule has 0 aliphatic carbocycles.